The third-order valence-electron chi connectivity index (χ3n) is 2.53. The third-order valence-corrected chi connectivity index (χ3v) is 2.72. The highest BCUT2D eigenvalue weighted by Crippen LogP contribution is 2.21. The standard InChI is InChI=1S/C12H8ClFN4/c1-7-2-3-10(14)9(4-7)11-16-12-15-5-8(13)6-18(12)17-11/h2-6H,1H3. The minimum Gasteiger partial charge on any atom is -0.218 e. The van der Waals surface area contributed by atoms with Gasteiger partial charge in [0.2, 0.25) is 0 Å². The smallest absolute Gasteiger partial charge is 0.218 e. The Kier molecular flexibility index (Phi) is 2.48. The van der Waals surface area contributed by atoms with Crippen LogP contribution in [0.2, 0.25) is 5.02 Å². The van der Waals surface area contributed by atoms with Gasteiger partial charge in [-0.05, 0) is 19.1 Å². The molecule has 0 saturated heterocycles. The first-order valence-electron chi connectivity index (χ1n) is 5.28. The van der Waals surface area contributed by atoms with Gasteiger partial charge in [0.25, 0.3) is 5.78 Å². The van der Waals surface area contributed by atoms with E-state index in [-0.39, 0.29) is 5.82 Å². The highest BCUT2D eigenvalue weighted by Gasteiger charge is 2.12. The van der Waals surface area contributed by atoms with E-state index in [1.807, 2.05) is 6.92 Å². The molecule has 2 heterocycles. The molecule has 0 fully saturated rings. The van der Waals surface area contributed by atoms with Crippen molar-refractivity contribution in [1.29, 1.82) is 0 Å². The fraction of sp³-hybridized carbons (Fsp3) is 0.0833. The summed E-state index contributed by atoms with van der Waals surface area (Å²) in [6.45, 7) is 1.88. The average molecular weight is 263 g/mol. The van der Waals surface area contributed by atoms with Gasteiger partial charge in [-0.3, -0.25) is 0 Å². The van der Waals surface area contributed by atoms with Crippen molar-refractivity contribution >= 4 is 17.4 Å². The molecule has 18 heavy (non-hydrogen) atoms. The van der Waals surface area contributed by atoms with Crippen LogP contribution in [0.4, 0.5) is 4.39 Å². The fourth-order valence-corrected chi connectivity index (χ4v) is 1.83. The molecule has 0 aliphatic heterocycles. The van der Waals surface area contributed by atoms with Crippen molar-refractivity contribution in [2.45, 2.75) is 6.92 Å². The summed E-state index contributed by atoms with van der Waals surface area (Å²) in [6.07, 6.45) is 3.05. The minimum absolute atomic E-state index is 0.297. The molecule has 6 heteroatoms. The number of aryl methyl sites for hydroxylation is 1. The summed E-state index contributed by atoms with van der Waals surface area (Å²) in [7, 11) is 0. The van der Waals surface area contributed by atoms with Gasteiger partial charge in [0, 0.05) is 0 Å². The zero-order valence-corrected chi connectivity index (χ0v) is 10.2. The molecule has 4 nitrogen and oxygen atoms in total. The van der Waals surface area contributed by atoms with E-state index in [1.54, 1.807) is 18.3 Å². The molecule has 0 radical (unpaired) electrons. The van der Waals surface area contributed by atoms with E-state index in [4.69, 9.17) is 11.6 Å². The van der Waals surface area contributed by atoms with Crippen molar-refractivity contribution in [3.05, 3.63) is 47.0 Å². The summed E-state index contributed by atoms with van der Waals surface area (Å²) < 4.78 is 15.2. The van der Waals surface area contributed by atoms with Crippen molar-refractivity contribution in [2.24, 2.45) is 0 Å². The monoisotopic (exact) mass is 262 g/mol. The molecule has 3 rings (SSSR count). The van der Waals surface area contributed by atoms with Crippen LogP contribution in [0.15, 0.2) is 30.6 Å². The number of aromatic nitrogens is 4. The Hall–Kier alpha value is -2.01. The van der Waals surface area contributed by atoms with Crippen LogP contribution in [0.5, 0.6) is 0 Å². The van der Waals surface area contributed by atoms with Gasteiger partial charge in [-0.25, -0.2) is 13.9 Å². The lowest BCUT2D eigenvalue weighted by atomic mass is 10.1. The molecule has 0 N–H and O–H groups in total. The second-order valence-electron chi connectivity index (χ2n) is 3.94. The number of hydrogen-bond donors (Lipinski definition) is 0. The fourth-order valence-electron chi connectivity index (χ4n) is 1.68. The molecule has 0 atom stereocenters. The van der Waals surface area contributed by atoms with Crippen LogP contribution < -0.4 is 0 Å². The van der Waals surface area contributed by atoms with E-state index >= 15 is 0 Å². The molecule has 3 aromatic rings. The number of benzene rings is 1. The van der Waals surface area contributed by atoms with Gasteiger partial charge in [0.05, 0.1) is 23.0 Å². The Morgan fingerprint density at radius 1 is 1.33 bits per heavy atom. The van der Waals surface area contributed by atoms with Gasteiger partial charge in [-0.15, -0.1) is 5.10 Å². The molecular formula is C12H8ClFN4. The lowest BCUT2D eigenvalue weighted by Gasteiger charge is -1.98. The van der Waals surface area contributed by atoms with E-state index in [0.29, 0.717) is 22.2 Å². The predicted molar refractivity (Wildman–Crippen MR) is 65.9 cm³/mol. The molecule has 0 spiro atoms. The Balaban J connectivity index is 2.22. The molecule has 0 saturated carbocycles. The topological polar surface area (TPSA) is 43.1 Å². The number of fused-ring (bicyclic) bond motifs is 1. The molecule has 1 aromatic carbocycles. The molecular weight excluding hydrogens is 255 g/mol. The van der Waals surface area contributed by atoms with Gasteiger partial charge in [0.15, 0.2) is 5.82 Å². The van der Waals surface area contributed by atoms with Crippen LogP contribution >= 0.6 is 11.6 Å². The van der Waals surface area contributed by atoms with Crippen molar-refractivity contribution in [1.82, 2.24) is 19.6 Å². The number of rotatable bonds is 1. The van der Waals surface area contributed by atoms with Crippen LogP contribution in [0.1, 0.15) is 5.56 Å². The Morgan fingerprint density at radius 3 is 3.00 bits per heavy atom. The van der Waals surface area contributed by atoms with Crippen LogP contribution in [-0.4, -0.2) is 19.6 Å². The highest BCUT2D eigenvalue weighted by atomic mass is 35.5. The largest absolute Gasteiger partial charge is 0.252 e. The minimum atomic E-state index is -0.359. The summed E-state index contributed by atoms with van der Waals surface area (Å²) in [5, 5.41) is 4.61. The maximum absolute atomic E-state index is 13.7. The summed E-state index contributed by atoms with van der Waals surface area (Å²) in [6, 6.07) is 4.80. The molecule has 0 bridgehead atoms. The lowest BCUT2D eigenvalue weighted by Crippen LogP contribution is -1.90. The van der Waals surface area contributed by atoms with E-state index in [1.165, 1.54) is 16.8 Å². The Bertz CT molecular complexity index is 738. The molecule has 0 unspecified atom stereocenters. The number of nitrogens with zero attached hydrogens (tertiary/aromatic N) is 4. The van der Waals surface area contributed by atoms with Gasteiger partial charge < -0.3 is 0 Å². The summed E-state index contributed by atoms with van der Waals surface area (Å²) in [5.41, 5.74) is 1.30. The van der Waals surface area contributed by atoms with Gasteiger partial charge in [-0.2, -0.15) is 4.98 Å². The van der Waals surface area contributed by atoms with Crippen molar-refractivity contribution in [3.8, 4) is 11.4 Å². The van der Waals surface area contributed by atoms with E-state index in [2.05, 4.69) is 15.1 Å². The second kappa shape index (κ2) is 4.03. The molecule has 2 aromatic heterocycles. The first kappa shape index (κ1) is 11.1. The molecule has 90 valence electrons. The van der Waals surface area contributed by atoms with E-state index < -0.39 is 0 Å². The van der Waals surface area contributed by atoms with Crippen LogP contribution in [0, 0.1) is 12.7 Å². The van der Waals surface area contributed by atoms with Crippen molar-refractivity contribution < 1.29 is 4.39 Å². The average Bonchev–Trinajstić information content (AvgIpc) is 2.74. The van der Waals surface area contributed by atoms with Gasteiger partial charge >= 0.3 is 0 Å². The number of halogens is 2. The Labute approximate surface area is 107 Å². The second-order valence-corrected chi connectivity index (χ2v) is 4.37. The molecule has 0 amide bonds. The van der Waals surface area contributed by atoms with Crippen molar-refractivity contribution in [2.75, 3.05) is 0 Å². The normalized spacial score (nSPS) is 11.1. The first-order valence-corrected chi connectivity index (χ1v) is 5.66. The zero-order chi connectivity index (χ0) is 12.7. The Morgan fingerprint density at radius 2 is 2.17 bits per heavy atom. The molecule has 0 aliphatic carbocycles. The van der Waals surface area contributed by atoms with Crippen molar-refractivity contribution in [3.63, 3.8) is 0 Å². The summed E-state index contributed by atoms with van der Waals surface area (Å²) >= 11 is 5.81. The maximum Gasteiger partial charge on any atom is 0.252 e. The third kappa shape index (κ3) is 1.82. The maximum atomic E-state index is 13.7. The predicted octanol–water partition coefficient (Wildman–Crippen LogP) is 2.89. The van der Waals surface area contributed by atoms with E-state index in [9.17, 15) is 4.39 Å². The van der Waals surface area contributed by atoms with Gasteiger partial charge in [0.1, 0.15) is 5.82 Å². The highest BCUT2D eigenvalue weighted by molar-refractivity contribution is 6.30. The summed E-state index contributed by atoms with van der Waals surface area (Å²) in [4.78, 5) is 8.18. The quantitative estimate of drug-likeness (QED) is 0.677. The molecule has 0 aliphatic rings. The zero-order valence-electron chi connectivity index (χ0n) is 9.43. The van der Waals surface area contributed by atoms with Crippen LogP contribution in [0.3, 0.4) is 0 Å². The first-order chi connectivity index (χ1) is 8.63. The SMILES string of the molecule is Cc1ccc(F)c(-c2nc3ncc(Cl)cn3n2)c1. The lowest BCUT2D eigenvalue weighted by molar-refractivity contribution is 0.629. The van der Waals surface area contributed by atoms with E-state index in [0.717, 1.165) is 5.56 Å². The van der Waals surface area contributed by atoms with Crippen LogP contribution in [0.25, 0.3) is 17.2 Å². The van der Waals surface area contributed by atoms with Crippen LogP contribution in [-0.2, 0) is 0 Å². The number of hydrogen-bond acceptors (Lipinski definition) is 3. The van der Waals surface area contributed by atoms with Gasteiger partial charge in [-0.1, -0.05) is 23.2 Å². The summed E-state index contributed by atoms with van der Waals surface area (Å²) in [5.74, 6) is 0.323.